The quantitative estimate of drug-likeness (QED) is 0.881. The molecule has 0 spiro atoms. The molecule has 104 valence electrons. The maximum Gasteiger partial charge on any atom is 0.272 e. The Labute approximate surface area is 125 Å². The SMILES string of the molecule is O=C(c1[nH]nc2c1CCSc1sccc1-2)N1CCCC1. The summed E-state index contributed by atoms with van der Waals surface area (Å²) in [5.74, 6) is 1.14. The molecule has 6 heteroatoms. The van der Waals surface area contributed by atoms with E-state index in [4.69, 9.17) is 0 Å². The molecule has 0 aliphatic carbocycles. The maximum atomic E-state index is 12.6. The summed E-state index contributed by atoms with van der Waals surface area (Å²) in [5.41, 5.74) is 3.98. The van der Waals surface area contributed by atoms with Gasteiger partial charge in [0.25, 0.3) is 5.91 Å². The Morgan fingerprint density at radius 1 is 1.35 bits per heavy atom. The number of nitrogens with zero attached hydrogens (tertiary/aromatic N) is 2. The van der Waals surface area contributed by atoms with Gasteiger partial charge in [-0.2, -0.15) is 5.10 Å². The molecule has 20 heavy (non-hydrogen) atoms. The number of aromatic nitrogens is 2. The van der Waals surface area contributed by atoms with Crippen LogP contribution < -0.4 is 0 Å². The highest BCUT2D eigenvalue weighted by molar-refractivity contribution is 8.01. The summed E-state index contributed by atoms with van der Waals surface area (Å²) >= 11 is 3.63. The molecule has 0 saturated carbocycles. The largest absolute Gasteiger partial charge is 0.337 e. The lowest BCUT2D eigenvalue weighted by Gasteiger charge is -2.14. The number of amides is 1. The van der Waals surface area contributed by atoms with Crippen molar-refractivity contribution in [3.8, 4) is 11.3 Å². The van der Waals surface area contributed by atoms with Crippen molar-refractivity contribution in [2.75, 3.05) is 18.8 Å². The molecule has 2 aromatic heterocycles. The third-order valence-corrected chi connectivity index (χ3v) is 6.18. The van der Waals surface area contributed by atoms with Gasteiger partial charge in [0.15, 0.2) is 0 Å². The van der Waals surface area contributed by atoms with Crippen LogP contribution in [0.3, 0.4) is 0 Å². The van der Waals surface area contributed by atoms with Crippen molar-refractivity contribution in [2.24, 2.45) is 0 Å². The van der Waals surface area contributed by atoms with E-state index in [0.29, 0.717) is 5.69 Å². The van der Waals surface area contributed by atoms with Crippen molar-refractivity contribution in [1.82, 2.24) is 15.1 Å². The summed E-state index contributed by atoms with van der Waals surface area (Å²) in [6.45, 7) is 1.76. The molecule has 2 aromatic rings. The number of thiophene rings is 1. The molecule has 0 bridgehead atoms. The molecule has 4 rings (SSSR count). The number of H-pyrrole nitrogens is 1. The van der Waals surface area contributed by atoms with Crippen molar-refractivity contribution < 1.29 is 4.79 Å². The predicted molar refractivity (Wildman–Crippen MR) is 81.5 cm³/mol. The maximum absolute atomic E-state index is 12.6. The number of carbonyl (C=O) groups excluding carboxylic acids is 1. The first-order chi connectivity index (χ1) is 9.84. The summed E-state index contributed by atoms with van der Waals surface area (Å²) in [7, 11) is 0. The van der Waals surface area contributed by atoms with Crippen molar-refractivity contribution >= 4 is 29.0 Å². The molecule has 1 amide bonds. The van der Waals surface area contributed by atoms with Crippen molar-refractivity contribution in [1.29, 1.82) is 0 Å². The summed E-state index contributed by atoms with van der Waals surface area (Å²) in [6.07, 6.45) is 3.14. The van der Waals surface area contributed by atoms with E-state index in [2.05, 4.69) is 21.6 Å². The Morgan fingerprint density at radius 2 is 2.20 bits per heavy atom. The van der Waals surface area contributed by atoms with Gasteiger partial charge in [-0.25, -0.2) is 0 Å². The molecule has 4 heterocycles. The van der Waals surface area contributed by atoms with Gasteiger partial charge in [0.1, 0.15) is 5.69 Å². The second kappa shape index (κ2) is 4.93. The van der Waals surface area contributed by atoms with Crippen LogP contribution in [0.2, 0.25) is 0 Å². The average Bonchev–Trinajstić information content (AvgIpc) is 3.16. The zero-order valence-corrected chi connectivity index (χ0v) is 12.6. The highest BCUT2D eigenvalue weighted by Crippen LogP contribution is 2.41. The normalized spacial score (nSPS) is 17.7. The van der Waals surface area contributed by atoms with Crippen molar-refractivity contribution in [2.45, 2.75) is 23.5 Å². The lowest BCUT2D eigenvalue weighted by atomic mass is 10.1. The van der Waals surface area contributed by atoms with E-state index in [9.17, 15) is 4.79 Å². The van der Waals surface area contributed by atoms with E-state index in [1.165, 1.54) is 9.77 Å². The van der Waals surface area contributed by atoms with Gasteiger partial charge >= 0.3 is 0 Å². The van der Waals surface area contributed by atoms with Crippen LogP contribution in [0.4, 0.5) is 0 Å². The first-order valence-electron chi connectivity index (χ1n) is 6.92. The van der Waals surface area contributed by atoms with E-state index < -0.39 is 0 Å². The zero-order valence-electron chi connectivity index (χ0n) is 11.0. The summed E-state index contributed by atoms with van der Waals surface area (Å²) in [5, 5.41) is 9.55. The molecule has 0 aromatic carbocycles. The number of fused-ring (bicyclic) bond motifs is 3. The Morgan fingerprint density at radius 3 is 3.05 bits per heavy atom. The first kappa shape index (κ1) is 12.5. The highest BCUT2D eigenvalue weighted by atomic mass is 32.2. The molecule has 1 N–H and O–H groups in total. The minimum atomic E-state index is 0.125. The summed E-state index contributed by atoms with van der Waals surface area (Å²) in [6, 6.07) is 2.11. The number of rotatable bonds is 1. The van der Waals surface area contributed by atoms with Crippen LogP contribution in [0.1, 0.15) is 28.9 Å². The molecule has 2 aliphatic heterocycles. The smallest absolute Gasteiger partial charge is 0.272 e. The fraction of sp³-hybridized carbons (Fsp3) is 0.429. The molecular weight excluding hydrogens is 290 g/mol. The van der Waals surface area contributed by atoms with Crippen molar-refractivity contribution in [3.63, 3.8) is 0 Å². The Balaban J connectivity index is 1.76. The average molecular weight is 305 g/mol. The van der Waals surface area contributed by atoms with Crippen LogP contribution in [0.25, 0.3) is 11.3 Å². The number of hydrogen-bond donors (Lipinski definition) is 1. The van der Waals surface area contributed by atoms with Gasteiger partial charge in [0.2, 0.25) is 0 Å². The number of nitrogens with one attached hydrogen (secondary N) is 1. The lowest BCUT2D eigenvalue weighted by molar-refractivity contribution is 0.0786. The second-order valence-corrected chi connectivity index (χ2v) is 7.42. The van der Waals surface area contributed by atoms with Crippen LogP contribution in [-0.4, -0.2) is 39.8 Å². The number of thioether (sulfide) groups is 1. The minimum Gasteiger partial charge on any atom is -0.337 e. The molecule has 0 radical (unpaired) electrons. The van der Waals surface area contributed by atoms with Gasteiger partial charge in [-0.1, -0.05) is 0 Å². The molecule has 0 unspecified atom stereocenters. The monoisotopic (exact) mass is 305 g/mol. The van der Waals surface area contributed by atoms with E-state index in [0.717, 1.165) is 49.4 Å². The van der Waals surface area contributed by atoms with E-state index in [1.807, 2.05) is 16.7 Å². The van der Waals surface area contributed by atoms with Crippen molar-refractivity contribution in [3.05, 3.63) is 22.7 Å². The van der Waals surface area contributed by atoms with Gasteiger partial charge in [-0.3, -0.25) is 9.89 Å². The Bertz CT molecular complexity index is 655. The van der Waals surface area contributed by atoms with Crippen LogP contribution in [0, 0.1) is 0 Å². The first-order valence-corrected chi connectivity index (χ1v) is 8.78. The lowest BCUT2D eigenvalue weighted by Crippen LogP contribution is -2.28. The van der Waals surface area contributed by atoms with E-state index >= 15 is 0 Å². The number of likely N-dealkylation sites (tertiary alicyclic amines) is 1. The predicted octanol–water partition coefficient (Wildman–Crippen LogP) is 3.02. The molecule has 2 aliphatic rings. The third kappa shape index (κ3) is 1.90. The van der Waals surface area contributed by atoms with Crippen LogP contribution in [0.15, 0.2) is 15.7 Å². The van der Waals surface area contributed by atoms with Crippen LogP contribution in [-0.2, 0) is 6.42 Å². The minimum absolute atomic E-state index is 0.125. The van der Waals surface area contributed by atoms with Crippen LogP contribution in [0.5, 0.6) is 0 Å². The molecular formula is C14H15N3OS2. The fourth-order valence-corrected chi connectivity index (χ4v) is 5.04. The second-order valence-electron chi connectivity index (χ2n) is 5.15. The topological polar surface area (TPSA) is 49.0 Å². The standard InChI is InChI=1S/C14H15N3OS2/c18-13(17-5-1-2-6-17)12-9-3-7-19-14-10(4-8-20-14)11(9)15-16-12/h4,8H,1-3,5-7H2,(H,15,16). The van der Waals surface area contributed by atoms with Crippen LogP contribution >= 0.6 is 23.1 Å². The van der Waals surface area contributed by atoms with E-state index in [-0.39, 0.29) is 5.91 Å². The Hall–Kier alpha value is -1.27. The number of carbonyl (C=O) groups is 1. The van der Waals surface area contributed by atoms with Gasteiger partial charge in [0, 0.05) is 30.0 Å². The summed E-state index contributed by atoms with van der Waals surface area (Å²) in [4.78, 5) is 14.5. The van der Waals surface area contributed by atoms with E-state index in [1.54, 1.807) is 11.3 Å². The Kier molecular flexibility index (Phi) is 3.07. The molecule has 4 nitrogen and oxygen atoms in total. The third-order valence-electron chi connectivity index (χ3n) is 3.94. The fourth-order valence-electron chi connectivity index (χ4n) is 2.92. The molecule has 1 fully saturated rings. The number of aromatic amines is 1. The summed E-state index contributed by atoms with van der Waals surface area (Å²) < 4.78 is 1.32. The molecule has 1 saturated heterocycles. The van der Waals surface area contributed by atoms with Gasteiger partial charge in [-0.15, -0.1) is 23.1 Å². The highest BCUT2D eigenvalue weighted by Gasteiger charge is 2.28. The number of hydrogen-bond acceptors (Lipinski definition) is 4. The van der Waals surface area contributed by atoms with Gasteiger partial charge in [0.05, 0.1) is 9.90 Å². The zero-order chi connectivity index (χ0) is 13.5. The van der Waals surface area contributed by atoms with Gasteiger partial charge in [-0.05, 0) is 30.7 Å². The van der Waals surface area contributed by atoms with Gasteiger partial charge < -0.3 is 4.90 Å². The molecule has 0 atom stereocenters.